The maximum absolute atomic E-state index is 5.71. The lowest BCUT2D eigenvalue weighted by Crippen LogP contribution is -2.32. The van der Waals surface area contributed by atoms with Gasteiger partial charge in [-0.3, -0.25) is 0 Å². The van der Waals surface area contributed by atoms with Crippen LogP contribution in [0, 0.1) is 5.92 Å². The van der Waals surface area contributed by atoms with Crippen LogP contribution in [0.25, 0.3) is 0 Å². The summed E-state index contributed by atoms with van der Waals surface area (Å²) in [7, 11) is 0. The topological polar surface area (TPSA) is 42.4 Å². The quantitative estimate of drug-likeness (QED) is 0.827. The third-order valence-corrected chi connectivity index (χ3v) is 3.66. The Morgan fingerprint density at radius 1 is 1.62 bits per heavy atom. The number of furan rings is 1. The number of likely N-dealkylation sites (tertiary alicyclic amines) is 1. The molecule has 1 fully saturated rings. The monoisotopic (exact) mass is 222 g/mol. The molecule has 2 N–H and O–H groups in total. The summed E-state index contributed by atoms with van der Waals surface area (Å²) in [5.74, 6) is 1.81. The van der Waals surface area contributed by atoms with Crippen LogP contribution >= 0.6 is 0 Å². The highest BCUT2D eigenvalue weighted by molar-refractivity contribution is 4.98. The van der Waals surface area contributed by atoms with Crippen LogP contribution in [-0.2, 0) is 6.42 Å². The van der Waals surface area contributed by atoms with E-state index in [1.54, 1.807) is 6.26 Å². The second-order valence-corrected chi connectivity index (χ2v) is 4.85. The van der Waals surface area contributed by atoms with Crippen LogP contribution in [0.4, 0.5) is 0 Å². The van der Waals surface area contributed by atoms with E-state index in [1.165, 1.54) is 25.9 Å². The van der Waals surface area contributed by atoms with E-state index in [2.05, 4.69) is 17.9 Å². The molecule has 16 heavy (non-hydrogen) atoms. The minimum atomic E-state index is 0.640. The summed E-state index contributed by atoms with van der Waals surface area (Å²) in [4.78, 5) is 2.56. The maximum Gasteiger partial charge on any atom is 0.103 e. The number of nitrogens with zero attached hydrogens (tertiary/aromatic N) is 1. The largest absolute Gasteiger partial charge is 0.469 e. The van der Waals surface area contributed by atoms with Crippen molar-refractivity contribution in [2.45, 2.75) is 32.2 Å². The molecule has 0 aromatic carbocycles. The molecule has 1 aromatic rings. The summed E-state index contributed by atoms with van der Waals surface area (Å²) in [6.07, 6.45) is 5.23. The van der Waals surface area contributed by atoms with E-state index in [-0.39, 0.29) is 0 Å². The van der Waals surface area contributed by atoms with E-state index in [9.17, 15) is 0 Å². The average molecular weight is 222 g/mol. The Morgan fingerprint density at radius 2 is 2.50 bits per heavy atom. The Bertz CT molecular complexity index is 297. The maximum atomic E-state index is 5.71. The van der Waals surface area contributed by atoms with Gasteiger partial charge in [0.05, 0.1) is 6.26 Å². The summed E-state index contributed by atoms with van der Waals surface area (Å²) in [5, 5.41) is 0. The minimum absolute atomic E-state index is 0.640. The average Bonchev–Trinajstić information content (AvgIpc) is 2.96. The molecular formula is C13H22N2O. The molecule has 2 unspecified atom stereocenters. The molecule has 0 amide bonds. The van der Waals surface area contributed by atoms with Crippen molar-refractivity contribution in [3.8, 4) is 0 Å². The van der Waals surface area contributed by atoms with Gasteiger partial charge in [-0.1, -0.05) is 0 Å². The summed E-state index contributed by atoms with van der Waals surface area (Å²) < 4.78 is 5.35. The zero-order valence-corrected chi connectivity index (χ0v) is 10.1. The number of nitrogens with two attached hydrogens (primary N) is 1. The molecule has 2 heterocycles. The molecule has 0 aliphatic carbocycles. The molecule has 2 atom stereocenters. The smallest absolute Gasteiger partial charge is 0.103 e. The van der Waals surface area contributed by atoms with Crippen LogP contribution in [0.15, 0.2) is 22.8 Å². The Morgan fingerprint density at radius 3 is 3.12 bits per heavy atom. The van der Waals surface area contributed by atoms with Gasteiger partial charge < -0.3 is 15.1 Å². The van der Waals surface area contributed by atoms with E-state index >= 15 is 0 Å². The lowest BCUT2D eigenvalue weighted by atomic mass is 10.1. The first-order valence-corrected chi connectivity index (χ1v) is 6.26. The fraction of sp³-hybridized carbons (Fsp3) is 0.692. The first-order valence-electron chi connectivity index (χ1n) is 6.26. The highest BCUT2D eigenvalue weighted by atomic mass is 16.3. The molecule has 0 saturated carbocycles. The van der Waals surface area contributed by atoms with Gasteiger partial charge in [0, 0.05) is 19.0 Å². The molecule has 1 aromatic heterocycles. The molecule has 3 nitrogen and oxygen atoms in total. The Kier molecular flexibility index (Phi) is 4.02. The molecule has 1 aliphatic heterocycles. The van der Waals surface area contributed by atoms with E-state index in [1.807, 2.05) is 6.07 Å². The van der Waals surface area contributed by atoms with Gasteiger partial charge in [0.2, 0.25) is 0 Å². The van der Waals surface area contributed by atoms with Gasteiger partial charge in [-0.05, 0) is 50.9 Å². The zero-order valence-electron chi connectivity index (χ0n) is 10.1. The van der Waals surface area contributed by atoms with Gasteiger partial charge in [0.25, 0.3) is 0 Å². The van der Waals surface area contributed by atoms with Crippen molar-refractivity contribution in [1.29, 1.82) is 0 Å². The molecule has 1 saturated heterocycles. The van der Waals surface area contributed by atoms with Crippen molar-refractivity contribution in [2.75, 3.05) is 19.6 Å². The van der Waals surface area contributed by atoms with Crippen molar-refractivity contribution >= 4 is 0 Å². The van der Waals surface area contributed by atoms with Crippen LogP contribution in [0.2, 0.25) is 0 Å². The predicted molar refractivity (Wildman–Crippen MR) is 65.2 cm³/mol. The molecule has 2 rings (SSSR count). The highest BCUT2D eigenvalue weighted by Crippen LogP contribution is 2.20. The molecule has 90 valence electrons. The number of hydrogen-bond acceptors (Lipinski definition) is 3. The number of rotatable bonds is 5. The number of aryl methyl sites for hydroxylation is 1. The molecule has 3 heteroatoms. The van der Waals surface area contributed by atoms with Gasteiger partial charge in [-0.2, -0.15) is 0 Å². The van der Waals surface area contributed by atoms with Gasteiger partial charge in [-0.15, -0.1) is 0 Å². The SMILES string of the molecule is CC(CCc1ccco1)N1CCC(CN)C1. The molecule has 0 bridgehead atoms. The first-order chi connectivity index (χ1) is 7.79. The summed E-state index contributed by atoms with van der Waals surface area (Å²) in [6.45, 7) is 5.53. The Balaban J connectivity index is 1.74. The summed E-state index contributed by atoms with van der Waals surface area (Å²) in [6, 6.07) is 4.65. The lowest BCUT2D eigenvalue weighted by Gasteiger charge is -2.23. The Labute approximate surface area is 97.6 Å². The fourth-order valence-corrected chi connectivity index (χ4v) is 2.44. The predicted octanol–water partition coefficient (Wildman–Crippen LogP) is 1.88. The van der Waals surface area contributed by atoms with E-state index < -0.39 is 0 Å². The summed E-state index contributed by atoms with van der Waals surface area (Å²) >= 11 is 0. The zero-order chi connectivity index (χ0) is 11.4. The van der Waals surface area contributed by atoms with Crippen LogP contribution < -0.4 is 5.73 Å². The van der Waals surface area contributed by atoms with Crippen LogP contribution in [0.5, 0.6) is 0 Å². The van der Waals surface area contributed by atoms with Crippen LogP contribution in [0.1, 0.15) is 25.5 Å². The van der Waals surface area contributed by atoms with Gasteiger partial charge in [0.1, 0.15) is 5.76 Å². The van der Waals surface area contributed by atoms with Crippen molar-refractivity contribution in [3.63, 3.8) is 0 Å². The van der Waals surface area contributed by atoms with Crippen molar-refractivity contribution in [3.05, 3.63) is 24.2 Å². The first kappa shape index (κ1) is 11.7. The standard InChI is InChI=1S/C13H22N2O/c1-11(4-5-13-3-2-8-16-13)15-7-6-12(9-14)10-15/h2-3,8,11-12H,4-7,9-10,14H2,1H3. The normalized spacial score (nSPS) is 23.8. The van der Waals surface area contributed by atoms with Crippen LogP contribution in [0.3, 0.4) is 0 Å². The van der Waals surface area contributed by atoms with E-state index in [4.69, 9.17) is 10.2 Å². The second-order valence-electron chi connectivity index (χ2n) is 4.85. The van der Waals surface area contributed by atoms with E-state index in [0.717, 1.165) is 18.7 Å². The molecule has 0 spiro atoms. The number of hydrogen-bond donors (Lipinski definition) is 1. The van der Waals surface area contributed by atoms with Gasteiger partial charge >= 0.3 is 0 Å². The fourth-order valence-electron chi connectivity index (χ4n) is 2.44. The van der Waals surface area contributed by atoms with Crippen molar-refractivity contribution in [1.82, 2.24) is 4.90 Å². The van der Waals surface area contributed by atoms with Crippen LogP contribution in [-0.4, -0.2) is 30.6 Å². The highest BCUT2D eigenvalue weighted by Gasteiger charge is 2.24. The Hall–Kier alpha value is -0.800. The molecular weight excluding hydrogens is 200 g/mol. The lowest BCUT2D eigenvalue weighted by molar-refractivity contribution is 0.236. The van der Waals surface area contributed by atoms with Gasteiger partial charge in [0.15, 0.2) is 0 Å². The van der Waals surface area contributed by atoms with Crippen molar-refractivity contribution < 1.29 is 4.42 Å². The third-order valence-electron chi connectivity index (χ3n) is 3.66. The molecule has 1 aliphatic rings. The minimum Gasteiger partial charge on any atom is -0.469 e. The van der Waals surface area contributed by atoms with E-state index in [0.29, 0.717) is 12.0 Å². The van der Waals surface area contributed by atoms with Crippen molar-refractivity contribution in [2.24, 2.45) is 11.7 Å². The third kappa shape index (κ3) is 2.86. The molecule has 0 radical (unpaired) electrons. The summed E-state index contributed by atoms with van der Waals surface area (Å²) in [5.41, 5.74) is 5.71. The van der Waals surface area contributed by atoms with Gasteiger partial charge in [-0.25, -0.2) is 0 Å². The second kappa shape index (κ2) is 5.51.